The molecule has 6 heteroatoms. The number of unbranched alkanes of at least 4 members (excludes halogenated alkanes) is 4. The first-order valence-corrected chi connectivity index (χ1v) is 14.2. The molecule has 3 aromatic rings. The van der Waals surface area contributed by atoms with Crippen LogP contribution in [0.4, 0.5) is 5.82 Å². The molecule has 4 nitrogen and oxygen atoms in total. The van der Waals surface area contributed by atoms with Gasteiger partial charge in [0.1, 0.15) is 5.82 Å². The molecule has 1 saturated heterocycles. The van der Waals surface area contributed by atoms with Crippen LogP contribution in [0.2, 0.25) is 0 Å². The highest BCUT2D eigenvalue weighted by atomic mass is 35.5. The fourth-order valence-corrected chi connectivity index (χ4v) is 6.47. The summed E-state index contributed by atoms with van der Waals surface area (Å²) in [6.07, 6.45) is 13.9. The second kappa shape index (κ2) is 13.9. The van der Waals surface area contributed by atoms with Gasteiger partial charge in [-0.15, -0.1) is 24.8 Å². The van der Waals surface area contributed by atoms with Crippen molar-refractivity contribution in [2.45, 2.75) is 84.6 Å². The van der Waals surface area contributed by atoms with Crippen LogP contribution in [0.1, 0.15) is 80.3 Å². The first kappa shape index (κ1) is 29.8. The van der Waals surface area contributed by atoms with Crippen LogP contribution < -0.4 is 4.90 Å². The lowest BCUT2D eigenvalue weighted by Gasteiger charge is -2.35. The molecular formula is C31H46Cl2N4. The SMILES string of the molecule is CCCCCCCC1CCc2cccc3c(CCN4CCN(c5cc(C)ccn5)CC4)c(C)n1c23.Cl.Cl. The lowest BCUT2D eigenvalue weighted by molar-refractivity contribution is 0.260. The molecule has 0 N–H and O–H groups in total. The van der Waals surface area contributed by atoms with Crippen molar-refractivity contribution in [3.63, 3.8) is 0 Å². The van der Waals surface area contributed by atoms with E-state index in [0.29, 0.717) is 6.04 Å². The molecule has 5 rings (SSSR count). The lowest BCUT2D eigenvalue weighted by Crippen LogP contribution is -2.47. The summed E-state index contributed by atoms with van der Waals surface area (Å²) < 4.78 is 2.75. The number of nitrogens with zero attached hydrogens (tertiary/aromatic N) is 4. The van der Waals surface area contributed by atoms with Gasteiger partial charge in [0, 0.05) is 56.0 Å². The molecule has 2 aromatic heterocycles. The minimum absolute atomic E-state index is 0. The molecule has 0 aliphatic carbocycles. The quantitative estimate of drug-likeness (QED) is 0.244. The first-order chi connectivity index (χ1) is 17.2. The van der Waals surface area contributed by atoms with Crippen molar-refractivity contribution in [2.75, 3.05) is 37.6 Å². The predicted octanol–water partition coefficient (Wildman–Crippen LogP) is 7.71. The fraction of sp³-hybridized carbons (Fsp3) is 0.581. The molecule has 4 heterocycles. The lowest BCUT2D eigenvalue weighted by atomic mass is 9.94. The molecule has 37 heavy (non-hydrogen) atoms. The van der Waals surface area contributed by atoms with Crippen LogP contribution in [0.15, 0.2) is 36.5 Å². The van der Waals surface area contributed by atoms with E-state index >= 15 is 0 Å². The minimum Gasteiger partial charge on any atom is -0.354 e. The van der Waals surface area contributed by atoms with Crippen molar-refractivity contribution in [1.29, 1.82) is 0 Å². The number of benzene rings is 1. The van der Waals surface area contributed by atoms with Crippen LogP contribution in [0, 0.1) is 13.8 Å². The summed E-state index contributed by atoms with van der Waals surface area (Å²) in [5.74, 6) is 1.13. The van der Waals surface area contributed by atoms with E-state index in [9.17, 15) is 0 Å². The number of pyridine rings is 1. The van der Waals surface area contributed by atoms with E-state index in [-0.39, 0.29) is 24.8 Å². The summed E-state index contributed by atoms with van der Waals surface area (Å²) in [6, 6.07) is 12.0. The molecule has 1 fully saturated rings. The van der Waals surface area contributed by atoms with E-state index < -0.39 is 0 Å². The number of anilines is 1. The van der Waals surface area contributed by atoms with E-state index in [0.717, 1.165) is 45.0 Å². The third-order valence-corrected chi connectivity index (χ3v) is 8.51. The Bertz CT molecular complexity index is 1130. The first-order valence-electron chi connectivity index (χ1n) is 14.2. The normalized spacial score (nSPS) is 17.5. The van der Waals surface area contributed by atoms with Gasteiger partial charge in [0.2, 0.25) is 0 Å². The van der Waals surface area contributed by atoms with Gasteiger partial charge in [0.05, 0.1) is 5.52 Å². The van der Waals surface area contributed by atoms with Gasteiger partial charge < -0.3 is 9.47 Å². The van der Waals surface area contributed by atoms with Gasteiger partial charge in [-0.2, -0.15) is 0 Å². The van der Waals surface area contributed by atoms with Crippen LogP contribution in [-0.4, -0.2) is 47.2 Å². The van der Waals surface area contributed by atoms with Crippen molar-refractivity contribution in [1.82, 2.24) is 14.5 Å². The molecule has 1 unspecified atom stereocenters. The van der Waals surface area contributed by atoms with Gasteiger partial charge in [-0.3, -0.25) is 4.90 Å². The molecule has 0 saturated carbocycles. The van der Waals surface area contributed by atoms with Crippen molar-refractivity contribution < 1.29 is 0 Å². The second-order valence-electron chi connectivity index (χ2n) is 10.9. The number of aromatic nitrogens is 2. The van der Waals surface area contributed by atoms with Gasteiger partial charge in [-0.05, 0) is 68.4 Å². The number of hydrogen-bond acceptors (Lipinski definition) is 3. The molecule has 2 aliphatic heterocycles. The zero-order valence-corrected chi connectivity index (χ0v) is 24.7. The Kier molecular flexibility index (Phi) is 11.2. The molecule has 0 amide bonds. The van der Waals surface area contributed by atoms with Crippen LogP contribution >= 0.6 is 24.8 Å². The van der Waals surface area contributed by atoms with E-state index in [1.165, 1.54) is 68.0 Å². The summed E-state index contributed by atoms with van der Waals surface area (Å²) in [5.41, 5.74) is 7.55. The van der Waals surface area contributed by atoms with Gasteiger partial charge in [-0.25, -0.2) is 4.98 Å². The smallest absolute Gasteiger partial charge is 0.128 e. The van der Waals surface area contributed by atoms with Crippen LogP contribution in [0.25, 0.3) is 10.9 Å². The number of rotatable bonds is 10. The predicted molar refractivity (Wildman–Crippen MR) is 163 cm³/mol. The minimum atomic E-state index is 0. The maximum Gasteiger partial charge on any atom is 0.128 e. The molecule has 2 aliphatic rings. The maximum absolute atomic E-state index is 4.60. The molecule has 204 valence electrons. The summed E-state index contributed by atoms with van der Waals surface area (Å²) >= 11 is 0. The largest absolute Gasteiger partial charge is 0.354 e. The highest BCUT2D eigenvalue weighted by molar-refractivity contribution is 5.89. The van der Waals surface area contributed by atoms with Crippen molar-refractivity contribution >= 4 is 41.5 Å². The number of piperazine rings is 1. The standard InChI is InChI=1S/C31H44N4.2ClH/c1-4-5-6-7-8-11-27-14-13-26-10-9-12-29-28(25(3)35(27)31(26)29)16-18-33-19-21-34(22-20-33)30-23-24(2)15-17-32-30;;/h9-10,12,15,17,23,27H,4-8,11,13-14,16,18-22H2,1-3H3;2*1H. The van der Waals surface area contributed by atoms with Gasteiger partial charge >= 0.3 is 0 Å². The Morgan fingerprint density at radius 3 is 2.49 bits per heavy atom. The monoisotopic (exact) mass is 544 g/mol. The maximum atomic E-state index is 4.60. The van der Waals surface area contributed by atoms with Crippen LogP contribution in [0.5, 0.6) is 0 Å². The van der Waals surface area contributed by atoms with Crippen LogP contribution in [-0.2, 0) is 12.8 Å². The zero-order valence-electron chi connectivity index (χ0n) is 23.0. The Labute approximate surface area is 236 Å². The van der Waals surface area contributed by atoms with Gasteiger partial charge in [0.15, 0.2) is 0 Å². The van der Waals surface area contributed by atoms with Crippen molar-refractivity contribution in [3.05, 3.63) is 58.9 Å². The van der Waals surface area contributed by atoms with Gasteiger partial charge in [0.25, 0.3) is 0 Å². The Morgan fingerprint density at radius 1 is 0.946 bits per heavy atom. The second-order valence-corrected chi connectivity index (χ2v) is 10.9. The Morgan fingerprint density at radius 2 is 1.73 bits per heavy atom. The molecule has 1 aromatic carbocycles. The molecule has 0 bridgehead atoms. The van der Waals surface area contributed by atoms with E-state index in [2.05, 4.69) is 70.5 Å². The number of hydrogen-bond donors (Lipinski definition) is 0. The molecule has 0 radical (unpaired) electrons. The summed E-state index contributed by atoms with van der Waals surface area (Å²) in [6.45, 7) is 12.4. The van der Waals surface area contributed by atoms with Crippen LogP contribution in [0.3, 0.4) is 0 Å². The molecular weight excluding hydrogens is 499 g/mol. The average molecular weight is 546 g/mol. The molecule has 1 atom stereocenters. The highest BCUT2D eigenvalue weighted by Gasteiger charge is 2.26. The van der Waals surface area contributed by atoms with Gasteiger partial charge in [-0.1, -0.05) is 57.2 Å². The van der Waals surface area contributed by atoms with Crippen molar-refractivity contribution in [2.24, 2.45) is 0 Å². The zero-order chi connectivity index (χ0) is 24.2. The Balaban J connectivity index is 0.00000190. The number of para-hydroxylation sites is 1. The third kappa shape index (κ3) is 6.64. The summed E-state index contributed by atoms with van der Waals surface area (Å²) in [7, 11) is 0. The number of aryl methyl sites for hydroxylation is 2. The molecule has 0 spiro atoms. The Hall–Kier alpha value is -1.75. The van der Waals surface area contributed by atoms with E-state index in [1.807, 2.05) is 6.20 Å². The third-order valence-electron chi connectivity index (χ3n) is 8.51. The highest BCUT2D eigenvalue weighted by Crippen LogP contribution is 2.39. The van der Waals surface area contributed by atoms with Crippen molar-refractivity contribution in [3.8, 4) is 0 Å². The van der Waals surface area contributed by atoms with E-state index in [4.69, 9.17) is 0 Å². The van der Waals surface area contributed by atoms with E-state index in [1.54, 1.807) is 16.6 Å². The topological polar surface area (TPSA) is 24.3 Å². The summed E-state index contributed by atoms with van der Waals surface area (Å²) in [4.78, 5) is 9.70. The summed E-state index contributed by atoms with van der Waals surface area (Å²) in [5, 5.41) is 1.53. The average Bonchev–Trinajstić information content (AvgIpc) is 3.17. The number of halogens is 2. The fourth-order valence-electron chi connectivity index (χ4n) is 6.47.